The van der Waals surface area contributed by atoms with E-state index in [4.69, 9.17) is 9.72 Å². The number of carbonyl (C=O) groups is 2. The maximum atomic E-state index is 13.0. The Balaban J connectivity index is 1.68. The van der Waals surface area contributed by atoms with Gasteiger partial charge in [0, 0.05) is 35.1 Å². The van der Waals surface area contributed by atoms with Crippen LogP contribution in [-0.4, -0.2) is 50.5 Å². The molecule has 1 N–H and O–H groups in total. The second-order valence-corrected chi connectivity index (χ2v) is 10.6. The molecule has 0 radical (unpaired) electrons. The van der Waals surface area contributed by atoms with Crippen LogP contribution in [0.25, 0.3) is 21.9 Å². The van der Waals surface area contributed by atoms with E-state index < -0.39 is 23.6 Å². The SMILES string of the molecule is Cc1ncnc(C)c1-c1ccc(NC(=O)C(C)N(C)C(=O)OC(C)(C)C)nc1C#Cc1ccc2ccccc2c1. The molecule has 4 aromatic rings. The first-order valence-electron chi connectivity index (χ1n) is 13.0. The van der Waals surface area contributed by atoms with Gasteiger partial charge in [-0.25, -0.2) is 19.7 Å². The van der Waals surface area contributed by atoms with Gasteiger partial charge in [-0.15, -0.1) is 0 Å². The van der Waals surface area contributed by atoms with Crippen molar-refractivity contribution in [1.82, 2.24) is 19.9 Å². The Morgan fingerprint density at radius 2 is 1.62 bits per heavy atom. The van der Waals surface area contributed by atoms with E-state index >= 15 is 0 Å². The number of hydrogen-bond acceptors (Lipinski definition) is 6. The minimum atomic E-state index is -0.796. The van der Waals surface area contributed by atoms with Crippen molar-refractivity contribution < 1.29 is 14.3 Å². The van der Waals surface area contributed by atoms with Crippen molar-refractivity contribution in [3.63, 3.8) is 0 Å². The zero-order valence-corrected chi connectivity index (χ0v) is 23.9. The Labute approximate surface area is 234 Å². The fourth-order valence-corrected chi connectivity index (χ4v) is 4.11. The maximum Gasteiger partial charge on any atom is 0.410 e. The molecule has 0 aliphatic carbocycles. The van der Waals surface area contributed by atoms with E-state index in [1.807, 2.05) is 56.3 Å². The van der Waals surface area contributed by atoms with E-state index in [1.54, 1.807) is 33.8 Å². The van der Waals surface area contributed by atoms with Gasteiger partial charge in [-0.2, -0.15) is 0 Å². The van der Waals surface area contributed by atoms with E-state index in [9.17, 15) is 9.59 Å². The molecule has 2 aromatic heterocycles. The van der Waals surface area contributed by atoms with E-state index in [1.165, 1.54) is 18.3 Å². The third kappa shape index (κ3) is 6.62. The molecule has 2 heterocycles. The molecular weight excluding hydrogens is 502 g/mol. The summed E-state index contributed by atoms with van der Waals surface area (Å²) in [6.45, 7) is 10.8. The number of carbonyl (C=O) groups excluding carboxylic acids is 2. The summed E-state index contributed by atoms with van der Waals surface area (Å²) in [5.41, 5.74) is 3.84. The Morgan fingerprint density at radius 1 is 0.950 bits per heavy atom. The first-order valence-corrected chi connectivity index (χ1v) is 13.0. The van der Waals surface area contributed by atoms with Gasteiger partial charge >= 0.3 is 6.09 Å². The highest BCUT2D eigenvalue weighted by molar-refractivity contribution is 5.96. The van der Waals surface area contributed by atoms with E-state index in [0.29, 0.717) is 11.5 Å². The molecule has 0 spiro atoms. The summed E-state index contributed by atoms with van der Waals surface area (Å²) in [5.74, 6) is 6.34. The summed E-state index contributed by atoms with van der Waals surface area (Å²) in [4.78, 5) is 40.2. The average Bonchev–Trinajstić information content (AvgIpc) is 2.90. The van der Waals surface area contributed by atoms with Crippen molar-refractivity contribution in [2.75, 3.05) is 12.4 Å². The first kappa shape index (κ1) is 28.2. The van der Waals surface area contributed by atoms with Gasteiger partial charge in [-0.3, -0.25) is 9.69 Å². The molecule has 2 amide bonds. The number of ether oxygens (including phenoxy) is 1. The number of hydrogen-bond donors (Lipinski definition) is 1. The zero-order valence-electron chi connectivity index (χ0n) is 23.9. The van der Waals surface area contributed by atoms with Gasteiger partial charge in [0.05, 0.1) is 0 Å². The fraction of sp³-hybridized carbons (Fsp3) is 0.281. The number of aryl methyl sites for hydroxylation is 2. The van der Waals surface area contributed by atoms with Crippen LogP contribution in [0, 0.1) is 25.7 Å². The number of pyridine rings is 1. The third-order valence-electron chi connectivity index (χ3n) is 6.36. The van der Waals surface area contributed by atoms with Gasteiger partial charge in [0.2, 0.25) is 5.91 Å². The molecule has 0 saturated carbocycles. The highest BCUT2D eigenvalue weighted by atomic mass is 16.6. The summed E-state index contributed by atoms with van der Waals surface area (Å²) < 4.78 is 5.39. The Kier molecular flexibility index (Phi) is 8.15. The molecule has 0 saturated heterocycles. The predicted molar refractivity (Wildman–Crippen MR) is 157 cm³/mol. The topological polar surface area (TPSA) is 97.3 Å². The Bertz CT molecular complexity index is 1630. The molecule has 8 heteroatoms. The van der Waals surface area contributed by atoms with E-state index in [0.717, 1.165) is 38.9 Å². The normalized spacial score (nSPS) is 11.8. The Hall–Kier alpha value is -4.77. The van der Waals surface area contributed by atoms with Crippen molar-refractivity contribution in [3.05, 3.63) is 83.6 Å². The standard InChI is InChI=1S/C32H33N5O3/c1-20-29(21(2)34-19-33-20)26-15-17-28(36-30(38)22(3)37(7)31(39)40-32(4,5)6)35-27(26)16-13-23-12-14-24-10-8-9-11-25(24)18-23/h8-12,14-15,17-19,22H,1-7H3,(H,35,36,38). The maximum absolute atomic E-state index is 13.0. The molecule has 0 aliphatic rings. The smallest absolute Gasteiger partial charge is 0.410 e. The van der Waals surface area contributed by atoms with Crippen LogP contribution in [0.15, 0.2) is 60.9 Å². The first-order chi connectivity index (χ1) is 18.9. The quantitative estimate of drug-likeness (QED) is 0.327. The van der Waals surface area contributed by atoms with Crippen LogP contribution in [0.2, 0.25) is 0 Å². The van der Waals surface area contributed by atoms with Gasteiger partial charge in [0.25, 0.3) is 0 Å². The molecular formula is C32H33N5O3. The van der Waals surface area contributed by atoms with Crippen LogP contribution in [0.3, 0.4) is 0 Å². The average molecular weight is 536 g/mol. The lowest BCUT2D eigenvalue weighted by atomic mass is 10.0. The summed E-state index contributed by atoms with van der Waals surface area (Å²) >= 11 is 0. The minimum Gasteiger partial charge on any atom is -0.444 e. The number of benzene rings is 2. The van der Waals surface area contributed by atoms with Crippen LogP contribution in [-0.2, 0) is 9.53 Å². The van der Waals surface area contributed by atoms with Crippen molar-refractivity contribution in [2.45, 2.75) is 53.2 Å². The zero-order chi connectivity index (χ0) is 29.0. The third-order valence-corrected chi connectivity index (χ3v) is 6.36. The Morgan fingerprint density at radius 3 is 2.30 bits per heavy atom. The summed E-state index contributed by atoms with van der Waals surface area (Å²) in [6.07, 6.45) is 0.939. The number of rotatable bonds is 4. The molecule has 2 aromatic carbocycles. The molecule has 204 valence electrons. The summed E-state index contributed by atoms with van der Waals surface area (Å²) in [5, 5.41) is 5.04. The molecule has 4 rings (SSSR count). The summed E-state index contributed by atoms with van der Waals surface area (Å²) in [6, 6.07) is 16.9. The molecule has 1 atom stereocenters. The van der Waals surface area contributed by atoms with Gasteiger partial charge in [-0.05, 0) is 82.5 Å². The van der Waals surface area contributed by atoms with Crippen molar-refractivity contribution >= 4 is 28.6 Å². The molecule has 1 unspecified atom stereocenters. The number of anilines is 1. The van der Waals surface area contributed by atoms with Crippen molar-refractivity contribution in [3.8, 4) is 23.0 Å². The van der Waals surface area contributed by atoms with Gasteiger partial charge in [0.1, 0.15) is 29.5 Å². The number of nitrogens with zero attached hydrogens (tertiary/aromatic N) is 4. The predicted octanol–water partition coefficient (Wildman–Crippen LogP) is 5.90. The molecule has 0 bridgehead atoms. The second kappa shape index (κ2) is 11.5. The highest BCUT2D eigenvalue weighted by Crippen LogP contribution is 2.28. The van der Waals surface area contributed by atoms with Crippen LogP contribution in [0.4, 0.5) is 10.6 Å². The number of amides is 2. The summed E-state index contributed by atoms with van der Waals surface area (Å²) in [7, 11) is 1.52. The monoisotopic (exact) mass is 535 g/mol. The number of aromatic nitrogens is 3. The van der Waals surface area contributed by atoms with Crippen molar-refractivity contribution in [2.24, 2.45) is 0 Å². The number of likely N-dealkylation sites (N-methyl/N-ethyl adjacent to an activating group) is 1. The van der Waals surface area contributed by atoms with Gasteiger partial charge < -0.3 is 10.1 Å². The lowest BCUT2D eigenvalue weighted by molar-refractivity contribution is -0.120. The van der Waals surface area contributed by atoms with Crippen LogP contribution in [0.1, 0.15) is 50.3 Å². The fourth-order valence-electron chi connectivity index (χ4n) is 4.11. The van der Waals surface area contributed by atoms with Crippen LogP contribution < -0.4 is 5.32 Å². The minimum absolute atomic E-state index is 0.313. The lowest BCUT2D eigenvalue weighted by Crippen LogP contribution is -2.45. The molecule has 8 nitrogen and oxygen atoms in total. The lowest BCUT2D eigenvalue weighted by Gasteiger charge is -2.28. The molecule has 0 aliphatic heterocycles. The number of fused-ring (bicyclic) bond motifs is 1. The van der Waals surface area contributed by atoms with Gasteiger partial charge in [-0.1, -0.05) is 36.3 Å². The number of nitrogens with one attached hydrogen (secondary N) is 1. The van der Waals surface area contributed by atoms with Crippen molar-refractivity contribution in [1.29, 1.82) is 0 Å². The van der Waals surface area contributed by atoms with Gasteiger partial charge in [0.15, 0.2) is 0 Å². The molecule has 40 heavy (non-hydrogen) atoms. The second-order valence-electron chi connectivity index (χ2n) is 10.6. The molecule has 0 fully saturated rings. The van der Waals surface area contributed by atoms with E-state index in [-0.39, 0.29) is 0 Å². The van der Waals surface area contributed by atoms with E-state index in [2.05, 4.69) is 33.2 Å². The largest absolute Gasteiger partial charge is 0.444 e. The van der Waals surface area contributed by atoms with Crippen LogP contribution in [0.5, 0.6) is 0 Å². The highest BCUT2D eigenvalue weighted by Gasteiger charge is 2.27. The van der Waals surface area contributed by atoms with Crippen LogP contribution >= 0.6 is 0 Å².